The van der Waals surface area contributed by atoms with Gasteiger partial charge in [0.2, 0.25) is 0 Å². The predicted octanol–water partition coefficient (Wildman–Crippen LogP) is 8.61. The standard InChI is InChI=1S/C38H36F2N6/c1-7-13-31(28-16-25(22-41-6)17-29(39)18-28)36-24(5)43-38(44-36)37-33-20-32(34(40)21-35(33)45-46-37)26(8-2)19-30(9-3)42-23(4)27-14-11-10-12-15-27/h7-21,41-42H,1,3-4,22H2,2,5-6H3,(H,43,44)(H,45,46)/b26-8+,30-19+,31-13-. The molecule has 0 unspecified atom stereocenters. The van der Waals surface area contributed by atoms with Gasteiger partial charge in [0, 0.05) is 46.2 Å². The molecule has 5 aromatic rings. The summed E-state index contributed by atoms with van der Waals surface area (Å²) in [5.74, 6) is -0.261. The highest BCUT2D eigenvalue weighted by Crippen LogP contribution is 2.33. The number of halogens is 2. The Bertz CT molecular complexity index is 2020. The van der Waals surface area contributed by atoms with E-state index in [1.54, 1.807) is 18.2 Å². The number of hydrogen-bond donors (Lipinski definition) is 4. The lowest BCUT2D eigenvalue weighted by atomic mass is 9.98. The van der Waals surface area contributed by atoms with E-state index < -0.39 is 5.82 Å². The second-order valence-electron chi connectivity index (χ2n) is 10.7. The summed E-state index contributed by atoms with van der Waals surface area (Å²) < 4.78 is 30.2. The minimum atomic E-state index is -0.409. The number of allylic oxidation sites excluding steroid dienone is 6. The van der Waals surface area contributed by atoms with Gasteiger partial charge in [-0.05, 0) is 79.6 Å². The van der Waals surface area contributed by atoms with Crippen LogP contribution in [0.1, 0.15) is 40.6 Å². The van der Waals surface area contributed by atoms with Crippen LogP contribution in [0.4, 0.5) is 8.78 Å². The number of hydrogen-bond acceptors (Lipinski definition) is 4. The van der Waals surface area contributed by atoms with Gasteiger partial charge < -0.3 is 15.6 Å². The summed E-state index contributed by atoms with van der Waals surface area (Å²) in [6.07, 6.45) is 8.79. The van der Waals surface area contributed by atoms with Gasteiger partial charge in [-0.25, -0.2) is 13.8 Å². The first-order chi connectivity index (χ1) is 22.3. The molecule has 0 aliphatic carbocycles. The molecule has 232 valence electrons. The van der Waals surface area contributed by atoms with Crippen molar-refractivity contribution in [2.24, 2.45) is 0 Å². The van der Waals surface area contributed by atoms with Gasteiger partial charge in [0.05, 0.1) is 11.2 Å². The van der Waals surface area contributed by atoms with Crippen molar-refractivity contribution < 1.29 is 8.78 Å². The zero-order valence-electron chi connectivity index (χ0n) is 26.1. The quantitative estimate of drug-likeness (QED) is 0.106. The number of fused-ring (bicyclic) bond motifs is 1. The first-order valence-electron chi connectivity index (χ1n) is 14.8. The molecule has 0 aliphatic rings. The molecule has 8 heteroatoms. The molecule has 0 saturated carbocycles. The van der Waals surface area contributed by atoms with Crippen LogP contribution in [-0.2, 0) is 6.54 Å². The third-order valence-corrected chi connectivity index (χ3v) is 7.52. The van der Waals surface area contributed by atoms with Crippen molar-refractivity contribution in [3.05, 3.63) is 162 Å². The monoisotopic (exact) mass is 614 g/mol. The summed E-state index contributed by atoms with van der Waals surface area (Å²) in [4.78, 5) is 8.23. The number of H-pyrrole nitrogens is 2. The van der Waals surface area contributed by atoms with Crippen molar-refractivity contribution in [2.45, 2.75) is 20.4 Å². The molecular formula is C38H36F2N6. The molecule has 2 aromatic heterocycles. The molecule has 6 nitrogen and oxygen atoms in total. The van der Waals surface area contributed by atoms with Gasteiger partial charge in [0.15, 0.2) is 5.82 Å². The number of aryl methyl sites for hydroxylation is 1. The van der Waals surface area contributed by atoms with Crippen LogP contribution in [-0.4, -0.2) is 27.2 Å². The molecule has 0 radical (unpaired) electrons. The molecule has 5 rings (SSSR count). The van der Waals surface area contributed by atoms with Crippen LogP contribution in [0.15, 0.2) is 116 Å². The second kappa shape index (κ2) is 14.0. The van der Waals surface area contributed by atoms with E-state index in [-0.39, 0.29) is 5.82 Å². The highest BCUT2D eigenvalue weighted by Gasteiger charge is 2.20. The SMILES string of the molecule is C=C/C=C(/c1cc(F)cc(CNC)c1)c1nc(-c2n[nH]c3cc(F)c(C(/C=C(\C=C)NC(=C)c4ccccc4)=C/C)cc23)[nH]c1C. The van der Waals surface area contributed by atoms with Crippen molar-refractivity contribution >= 4 is 27.7 Å². The molecular weight excluding hydrogens is 578 g/mol. The van der Waals surface area contributed by atoms with Crippen LogP contribution in [0.2, 0.25) is 0 Å². The highest BCUT2D eigenvalue weighted by atomic mass is 19.1. The Labute approximate surface area is 267 Å². The van der Waals surface area contributed by atoms with Gasteiger partial charge in [0.1, 0.15) is 17.3 Å². The topological polar surface area (TPSA) is 81.4 Å². The molecule has 0 atom stereocenters. The van der Waals surface area contributed by atoms with Crippen molar-refractivity contribution in [3.63, 3.8) is 0 Å². The van der Waals surface area contributed by atoms with Crippen LogP contribution in [0, 0.1) is 18.6 Å². The Kier molecular flexibility index (Phi) is 9.69. The minimum Gasteiger partial charge on any atom is -0.356 e. The first-order valence-corrected chi connectivity index (χ1v) is 14.8. The molecule has 4 N–H and O–H groups in total. The lowest BCUT2D eigenvalue weighted by Crippen LogP contribution is -2.09. The normalized spacial score (nSPS) is 12.4. The molecule has 2 heterocycles. The largest absolute Gasteiger partial charge is 0.356 e. The van der Waals surface area contributed by atoms with E-state index >= 15 is 4.39 Å². The average Bonchev–Trinajstić information content (AvgIpc) is 3.64. The maximum absolute atomic E-state index is 15.6. The Balaban J connectivity index is 1.53. The third kappa shape index (κ3) is 6.72. The van der Waals surface area contributed by atoms with Crippen molar-refractivity contribution in [2.75, 3.05) is 7.05 Å². The fraction of sp³-hybridized carbons (Fsp3) is 0.105. The molecule has 0 aliphatic heterocycles. The maximum Gasteiger partial charge on any atom is 0.159 e. The summed E-state index contributed by atoms with van der Waals surface area (Å²) in [5, 5.41) is 14.5. The number of rotatable bonds is 12. The Morgan fingerprint density at radius 2 is 1.80 bits per heavy atom. The van der Waals surface area contributed by atoms with Crippen LogP contribution in [0.5, 0.6) is 0 Å². The molecule has 3 aromatic carbocycles. The van der Waals surface area contributed by atoms with E-state index in [1.165, 1.54) is 18.2 Å². The van der Waals surface area contributed by atoms with E-state index in [1.807, 2.05) is 75.5 Å². The molecule has 0 bridgehead atoms. The fourth-order valence-electron chi connectivity index (χ4n) is 5.33. The second-order valence-corrected chi connectivity index (χ2v) is 10.7. The van der Waals surface area contributed by atoms with Crippen molar-refractivity contribution in [1.29, 1.82) is 0 Å². The number of nitrogens with one attached hydrogen (secondary N) is 4. The first kappa shape index (κ1) is 31.8. The highest BCUT2D eigenvalue weighted by molar-refractivity contribution is 5.95. The Morgan fingerprint density at radius 3 is 2.50 bits per heavy atom. The van der Waals surface area contributed by atoms with Crippen molar-refractivity contribution in [1.82, 2.24) is 30.8 Å². The zero-order valence-corrected chi connectivity index (χ0v) is 26.1. The molecule has 0 fully saturated rings. The summed E-state index contributed by atoms with van der Waals surface area (Å²) >= 11 is 0. The lowest BCUT2D eigenvalue weighted by Gasteiger charge is -2.12. The van der Waals surface area contributed by atoms with E-state index in [2.05, 4.69) is 45.6 Å². The summed E-state index contributed by atoms with van der Waals surface area (Å²) in [5.41, 5.74) is 7.96. The Morgan fingerprint density at radius 1 is 1.02 bits per heavy atom. The number of imidazole rings is 1. The van der Waals surface area contributed by atoms with Gasteiger partial charge in [-0.15, -0.1) is 0 Å². The van der Waals surface area contributed by atoms with E-state index in [0.29, 0.717) is 68.3 Å². The van der Waals surface area contributed by atoms with Gasteiger partial charge >= 0.3 is 0 Å². The van der Waals surface area contributed by atoms with E-state index in [4.69, 9.17) is 4.98 Å². The smallest absolute Gasteiger partial charge is 0.159 e. The van der Waals surface area contributed by atoms with Crippen LogP contribution in [0.3, 0.4) is 0 Å². The number of benzene rings is 3. The molecule has 46 heavy (non-hydrogen) atoms. The average molecular weight is 615 g/mol. The molecule has 0 saturated heterocycles. The van der Waals surface area contributed by atoms with Crippen molar-refractivity contribution in [3.8, 4) is 11.5 Å². The minimum absolute atomic E-state index is 0.341. The van der Waals surface area contributed by atoms with Gasteiger partial charge in [-0.2, -0.15) is 5.10 Å². The summed E-state index contributed by atoms with van der Waals surface area (Å²) in [6.45, 7) is 16.2. The predicted molar refractivity (Wildman–Crippen MR) is 185 cm³/mol. The Hall–Kier alpha value is -5.60. The van der Waals surface area contributed by atoms with Gasteiger partial charge in [-0.3, -0.25) is 5.10 Å². The summed E-state index contributed by atoms with van der Waals surface area (Å²) in [6, 6.07) is 17.8. The molecule has 0 amide bonds. The van der Waals surface area contributed by atoms with Crippen LogP contribution < -0.4 is 10.6 Å². The lowest BCUT2D eigenvalue weighted by molar-refractivity contribution is 0.623. The zero-order chi connectivity index (χ0) is 32.8. The fourth-order valence-corrected chi connectivity index (χ4v) is 5.33. The van der Waals surface area contributed by atoms with Gasteiger partial charge in [0.25, 0.3) is 0 Å². The number of nitrogens with zero attached hydrogens (tertiary/aromatic N) is 2. The summed E-state index contributed by atoms with van der Waals surface area (Å²) in [7, 11) is 1.81. The number of aromatic amines is 2. The third-order valence-electron chi connectivity index (χ3n) is 7.52. The van der Waals surface area contributed by atoms with E-state index in [9.17, 15) is 4.39 Å². The van der Waals surface area contributed by atoms with E-state index in [0.717, 1.165) is 16.8 Å². The van der Waals surface area contributed by atoms with Crippen LogP contribution in [0.25, 0.3) is 39.3 Å². The van der Waals surface area contributed by atoms with Crippen LogP contribution >= 0.6 is 0 Å². The number of aromatic nitrogens is 4. The molecule has 0 spiro atoms. The van der Waals surface area contributed by atoms with Gasteiger partial charge in [-0.1, -0.05) is 68.3 Å². The maximum atomic E-state index is 15.6.